The highest BCUT2D eigenvalue weighted by Crippen LogP contribution is 2.32. The number of hydrogen-bond acceptors (Lipinski definition) is 3. The minimum atomic E-state index is -0.414. The molecule has 96 valence electrons. The molecule has 0 aliphatic heterocycles. The molecule has 1 aliphatic rings. The second kappa shape index (κ2) is 5.65. The molecule has 1 aromatic heterocycles. The van der Waals surface area contributed by atoms with E-state index in [2.05, 4.69) is 9.97 Å². The molecule has 0 bridgehead atoms. The van der Waals surface area contributed by atoms with Crippen molar-refractivity contribution in [2.24, 2.45) is 5.73 Å². The predicted octanol–water partition coefficient (Wildman–Crippen LogP) is 1.87. The molecule has 17 heavy (non-hydrogen) atoms. The Morgan fingerprint density at radius 1 is 1.41 bits per heavy atom. The van der Waals surface area contributed by atoms with Gasteiger partial charge in [-0.15, -0.1) is 12.4 Å². The smallest absolute Gasteiger partial charge is 0.251 e. The molecule has 0 saturated heterocycles. The average Bonchev–Trinajstić information content (AvgIpc) is 2.29. The molecule has 1 fully saturated rings. The van der Waals surface area contributed by atoms with Gasteiger partial charge >= 0.3 is 0 Å². The number of rotatable bonds is 2. The summed E-state index contributed by atoms with van der Waals surface area (Å²) in [6.07, 6.45) is 6.09. The number of aromatic nitrogens is 2. The molecule has 3 N–H and O–H groups in total. The SMILES string of the molecule is CCc1cc(=O)[nH]c(C2(N)CCCCC2)n1.Cl. The van der Waals surface area contributed by atoms with Crippen LogP contribution in [0.1, 0.15) is 50.5 Å². The van der Waals surface area contributed by atoms with E-state index in [4.69, 9.17) is 5.73 Å². The standard InChI is InChI=1S/C12H19N3O.ClH/c1-2-9-8-10(16)15-11(14-9)12(13)6-4-3-5-7-12;/h8H,2-7,13H2,1H3,(H,14,15,16);1H. The molecule has 0 radical (unpaired) electrons. The van der Waals surface area contributed by atoms with Crippen LogP contribution in [0.15, 0.2) is 10.9 Å². The lowest BCUT2D eigenvalue weighted by atomic mass is 9.82. The third kappa shape index (κ3) is 3.07. The van der Waals surface area contributed by atoms with E-state index in [1.807, 2.05) is 6.92 Å². The van der Waals surface area contributed by atoms with Crippen LogP contribution < -0.4 is 11.3 Å². The predicted molar refractivity (Wildman–Crippen MR) is 70.4 cm³/mol. The molecular formula is C12H20ClN3O. The Labute approximate surface area is 107 Å². The van der Waals surface area contributed by atoms with Crippen molar-refractivity contribution in [3.63, 3.8) is 0 Å². The fraction of sp³-hybridized carbons (Fsp3) is 0.667. The third-order valence-electron chi connectivity index (χ3n) is 3.37. The molecule has 4 nitrogen and oxygen atoms in total. The third-order valence-corrected chi connectivity index (χ3v) is 3.37. The minimum absolute atomic E-state index is 0. The zero-order valence-electron chi connectivity index (χ0n) is 10.2. The van der Waals surface area contributed by atoms with Crippen molar-refractivity contribution in [3.05, 3.63) is 27.9 Å². The molecule has 1 aliphatic carbocycles. The summed E-state index contributed by atoms with van der Waals surface area (Å²) < 4.78 is 0. The molecule has 0 aromatic carbocycles. The topological polar surface area (TPSA) is 71.8 Å². The van der Waals surface area contributed by atoms with Crippen LogP contribution in [0, 0.1) is 0 Å². The van der Waals surface area contributed by atoms with Crippen molar-refractivity contribution < 1.29 is 0 Å². The number of aryl methyl sites for hydroxylation is 1. The maximum Gasteiger partial charge on any atom is 0.251 e. The van der Waals surface area contributed by atoms with Crippen molar-refractivity contribution in [1.82, 2.24) is 9.97 Å². The normalized spacial score (nSPS) is 18.5. The minimum Gasteiger partial charge on any atom is -0.319 e. The quantitative estimate of drug-likeness (QED) is 0.850. The molecule has 0 atom stereocenters. The van der Waals surface area contributed by atoms with Gasteiger partial charge in [-0.25, -0.2) is 4.98 Å². The van der Waals surface area contributed by atoms with E-state index in [0.29, 0.717) is 5.82 Å². The second-order valence-corrected chi connectivity index (χ2v) is 4.66. The van der Waals surface area contributed by atoms with Crippen LogP contribution in [0.4, 0.5) is 0 Å². The molecule has 1 heterocycles. The Morgan fingerprint density at radius 3 is 2.65 bits per heavy atom. The highest BCUT2D eigenvalue weighted by atomic mass is 35.5. The maximum absolute atomic E-state index is 11.5. The number of halogens is 1. The van der Waals surface area contributed by atoms with Gasteiger partial charge in [0.05, 0.1) is 5.54 Å². The molecule has 1 aromatic rings. The first-order valence-electron chi connectivity index (χ1n) is 6.04. The zero-order chi connectivity index (χ0) is 11.6. The summed E-state index contributed by atoms with van der Waals surface area (Å²) >= 11 is 0. The summed E-state index contributed by atoms with van der Waals surface area (Å²) in [6, 6.07) is 1.55. The van der Waals surface area contributed by atoms with E-state index in [-0.39, 0.29) is 18.0 Å². The van der Waals surface area contributed by atoms with Crippen molar-refractivity contribution in [1.29, 1.82) is 0 Å². The van der Waals surface area contributed by atoms with Gasteiger partial charge in [0.1, 0.15) is 5.82 Å². The van der Waals surface area contributed by atoms with Gasteiger partial charge in [0.15, 0.2) is 0 Å². The second-order valence-electron chi connectivity index (χ2n) is 4.66. The highest BCUT2D eigenvalue weighted by Gasteiger charge is 2.31. The first-order chi connectivity index (χ1) is 7.64. The Morgan fingerprint density at radius 2 is 2.06 bits per heavy atom. The number of nitrogens with one attached hydrogen (secondary N) is 1. The lowest BCUT2D eigenvalue weighted by Crippen LogP contribution is -2.41. The fourth-order valence-corrected chi connectivity index (χ4v) is 2.34. The number of nitrogens with two attached hydrogens (primary N) is 1. The lowest BCUT2D eigenvalue weighted by molar-refractivity contribution is 0.285. The van der Waals surface area contributed by atoms with E-state index in [9.17, 15) is 4.79 Å². The number of hydrogen-bond donors (Lipinski definition) is 2. The van der Waals surface area contributed by atoms with Crippen molar-refractivity contribution in [2.75, 3.05) is 0 Å². The molecule has 0 unspecified atom stereocenters. The van der Waals surface area contributed by atoms with Crippen LogP contribution in [-0.4, -0.2) is 9.97 Å². The van der Waals surface area contributed by atoms with Gasteiger partial charge in [-0.1, -0.05) is 26.2 Å². The van der Waals surface area contributed by atoms with Crippen LogP contribution in [0.3, 0.4) is 0 Å². The van der Waals surface area contributed by atoms with Gasteiger partial charge in [0, 0.05) is 11.8 Å². The van der Waals surface area contributed by atoms with Gasteiger partial charge in [-0.3, -0.25) is 4.79 Å². The summed E-state index contributed by atoms with van der Waals surface area (Å²) in [4.78, 5) is 18.8. The summed E-state index contributed by atoms with van der Waals surface area (Å²) in [7, 11) is 0. The molecule has 0 spiro atoms. The first kappa shape index (κ1) is 14.2. The van der Waals surface area contributed by atoms with Gasteiger partial charge in [0.2, 0.25) is 0 Å². The Kier molecular flexibility index (Phi) is 4.71. The Bertz CT molecular complexity index is 424. The van der Waals surface area contributed by atoms with Gasteiger partial charge in [-0.05, 0) is 19.3 Å². The molecule has 5 heteroatoms. The van der Waals surface area contributed by atoms with Crippen molar-refractivity contribution >= 4 is 12.4 Å². The molecule has 1 saturated carbocycles. The van der Waals surface area contributed by atoms with E-state index >= 15 is 0 Å². The van der Waals surface area contributed by atoms with Crippen LogP contribution in [-0.2, 0) is 12.0 Å². The van der Waals surface area contributed by atoms with Gasteiger partial charge in [-0.2, -0.15) is 0 Å². The number of nitrogens with zero attached hydrogens (tertiary/aromatic N) is 1. The Balaban J connectivity index is 0.00000144. The maximum atomic E-state index is 11.5. The number of aromatic amines is 1. The van der Waals surface area contributed by atoms with Crippen molar-refractivity contribution in [3.8, 4) is 0 Å². The average molecular weight is 258 g/mol. The molecule has 2 rings (SSSR count). The van der Waals surface area contributed by atoms with Gasteiger partial charge < -0.3 is 10.7 Å². The lowest BCUT2D eigenvalue weighted by Gasteiger charge is -2.32. The van der Waals surface area contributed by atoms with E-state index in [0.717, 1.165) is 37.8 Å². The van der Waals surface area contributed by atoms with E-state index in [1.165, 1.54) is 6.42 Å². The number of H-pyrrole nitrogens is 1. The fourth-order valence-electron chi connectivity index (χ4n) is 2.34. The largest absolute Gasteiger partial charge is 0.319 e. The summed E-state index contributed by atoms with van der Waals surface area (Å²) in [5, 5.41) is 0. The Hall–Kier alpha value is -0.870. The van der Waals surface area contributed by atoms with Crippen molar-refractivity contribution in [2.45, 2.75) is 51.0 Å². The van der Waals surface area contributed by atoms with E-state index < -0.39 is 5.54 Å². The summed E-state index contributed by atoms with van der Waals surface area (Å²) in [6.45, 7) is 2.00. The van der Waals surface area contributed by atoms with Gasteiger partial charge in [0.25, 0.3) is 5.56 Å². The van der Waals surface area contributed by atoms with Crippen LogP contribution in [0.2, 0.25) is 0 Å². The zero-order valence-corrected chi connectivity index (χ0v) is 11.0. The summed E-state index contributed by atoms with van der Waals surface area (Å²) in [5.41, 5.74) is 6.67. The molecular weight excluding hydrogens is 238 g/mol. The van der Waals surface area contributed by atoms with Crippen LogP contribution in [0.25, 0.3) is 0 Å². The van der Waals surface area contributed by atoms with E-state index in [1.54, 1.807) is 6.07 Å². The summed E-state index contributed by atoms with van der Waals surface area (Å²) in [5.74, 6) is 0.677. The van der Waals surface area contributed by atoms with Crippen LogP contribution >= 0.6 is 12.4 Å². The monoisotopic (exact) mass is 257 g/mol. The first-order valence-corrected chi connectivity index (χ1v) is 6.04. The molecule has 0 amide bonds. The highest BCUT2D eigenvalue weighted by molar-refractivity contribution is 5.85. The van der Waals surface area contributed by atoms with Crippen LogP contribution in [0.5, 0.6) is 0 Å².